The molecule has 8 heteroatoms. The molecular formula is C20H29ClN6O. The number of hydrogen-bond acceptors (Lipinski definition) is 4. The van der Waals surface area contributed by atoms with E-state index in [1.807, 2.05) is 38.6 Å². The van der Waals surface area contributed by atoms with E-state index in [0.29, 0.717) is 6.61 Å². The van der Waals surface area contributed by atoms with E-state index in [1.54, 1.807) is 4.68 Å². The number of guanidine groups is 1. The molecule has 3 rings (SSSR count). The summed E-state index contributed by atoms with van der Waals surface area (Å²) in [6, 6.07) is 8.23. The van der Waals surface area contributed by atoms with E-state index in [2.05, 4.69) is 51.4 Å². The van der Waals surface area contributed by atoms with Crippen LogP contribution in [0.4, 0.5) is 0 Å². The summed E-state index contributed by atoms with van der Waals surface area (Å²) < 4.78 is 7.75. The molecule has 2 aromatic rings. The van der Waals surface area contributed by atoms with Crippen LogP contribution in [0.1, 0.15) is 23.3 Å². The number of likely N-dealkylation sites (N-methyl/N-ethyl adjacent to an activating group) is 1. The Hall–Kier alpha value is -2.09. The number of nitrogens with one attached hydrogen (secondary N) is 1. The molecule has 152 valence electrons. The first kappa shape index (κ1) is 20.6. The van der Waals surface area contributed by atoms with E-state index in [9.17, 15) is 0 Å². The standard InChI is InChI=1S/C20H29ClN6O/c1-22-20(23-12-18(25(2)3)15-5-7-17(21)8-6-15)27-9-10-28-19(14-27)16-11-24-26(4)13-16/h5-8,11,13,18-19H,9-10,12,14H2,1-4H3,(H,22,23). The van der Waals surface area contributed by atoms with Gasteiger partial charge < -0.3 is 19.9 Å². The lowest BCUT2D eigenvalue weighted by molar-refractivity contribution is -0.00811. The Morgan fingerprint density at radius 2 is 2.14 bits per heavy atom. The Labute approximate surface area is 171 Å². The molecule has 1 aliphatic rings. The summed E-state index contributed by atoms with van der Waals surface area (Å²) in [6.45, 7) is 2.97. The van der Waals surface area contributed by atoms with Crippen LogP contribution in [0.5, 0.6) is 0 Å². The molecule has 0 aliphatic carbocycles. The minimum Gasteiger partial charge on any atom is -0.370 e. The van der Waals surface area contributed by atoms with Crippen LogP contribution in [0.2, 0.25) is 5.02 Å². The van der Waals surface area contributed by atoms with E-state index < -0.39 is 0 Å². The van der Waals surface area contributed by atoms with Crippen molar-refractivity contribution in [2.45, 2.75) is 12.1 Å². The number of aryl methyl sites for hydroxylation is 1. The Kier molecular flexibility index (Phi) is 6.93. The van der Waals surface area contributed by atoms with Gasteiger partial charge in [0.15, 0.2) is 5.96 Å². The fourth-order valence-corrected chi connectivity index (χ4v) is 3.58. The highest BCUT2D eigenvalue weighted by atomic mass is 35.5. The van der Waals surface area contributed by atoms with E-state index in [-0.39, 0.29) is 12.1 Å². The molecule has 1 aromatic heterocycles. The van der Waals surface area contributed by atoms with Crippen LogP contribution in [-0.4, -0.2) is 72.9 Å². The molecule has 0 spiro atoms. The second-order valence-corrected chi connectivity index (χ2v) is 7.65. The molecule has 0 radical (unpaired) electrons. The molecule has 1 fully saturated rings. The van der Waals surface area contributed by atoms with Crippen LogP contribution in [0.15, 0.2) is 41.7 Å². The largest absolute Gasteiger partial charge is 0.370 e. The second kappa shape index (κ2) is 9.41. The number of aliphatic imine (C=N–C) groups is 1. The van der Waals surface area contributed by atoms with Gasteiger partial charge in [0.1, 0.15) is 6.10 Å². The summed E-state index contributed by atoms with van der Waals surface area (Å²) in [5.74, 6) is 0.887. The monoisotopic (exact) mass is 404 g/mol. The quantitative estimate of drug-likeness (QED) is 0.612. The van der Waals surface area contributed by atoms with Gasteiger partial charge in [0.2, 0.25) is 0 Å². The van der Waals surface area contributed by atoms with Gasteiger partial charge in [-0.3, -0.25) is 9.67 Å². The summed E-state index contributed by atoms with van der Waals surface area (Å²) in [5, 5.41) is 8.54. The molecule has 28 heavy (non-hydrogen) atoms. The smallest absolute Gasteiger partial charge is 0.193 e. The predicted molar refractivity (Wildman–Crippen MR) is 113 cm³/mol. The Balaban J connectivity index is 1.65. The lowest BCUT2D eigenvalue weighted by atomic mass is 10.1. The molecule has 2 unspecified atom stereocenters. The van der Waals surface area contributed by atoms with Crippen molar-refractivity contribution >= 4 is 17.6 Å². The zero-order chi connectivity index (χ0) is 20.1. The van der Waals surface area contributed by atoms with Gasteiger partial charge in [0.05, 0.1) is 25.4 Å². The minimum absolute atomic E-state index is 0.00177. The van der Waals surface area contributed by atoms with E-state index in [4.69, 9.17) is 16.3 Å². The summed E-state index contributed by atoms with van der Waals surface area (Å²) in [7, 11) is 7.90. The topological polar surface area (TPSA) is 57.9 Å². The first-order valence-electron chi connectivity index (χ1n) is 9.45. The molecular weight excluding hydrogens is 376 g/mol. The molecule has 1 N–H and O–H groups in total. The molecule has 1 aromatic carbocycles. The fourth-order valence-electron chi connectivity index (χ4n) is 3.45. The number of halogens is 1. The fraction of sp³-hybridized carbons (Fsp3) is 0.500. The van der Waals surface area contributed by atoms with Crippen LogP contribution in [-0.2, 0) is 11.8 Å². The van der Waals surface area contributed by atoms with Gasteiger partial charge in [0.25, 0.3) is 0 Å². The second-order valence-electron chi connectivity index (χ2n) is 7.21. The third-order valence-electron chi connectivity index (χ3n) is 5.01. The summed E-state index contributed by atoms with van der Waals surface area (Å²) >= 11 is 6.04. The van der Waals surface area contributed by atoms with Gasteiger partial charge in [-0.15, -0.1) is 0 Å². The predicted octanol–water partition coefficient (Wildman–Crippen LogP) is 2.33. The van der Waals surface area contributed by atoms with Gasteiger partial charge in [-0.2, -0.15) is 5.10 Å². The van der Waals surface area contributed by atoms with Crippen molar-refractivity contribution in [1.82, 2.24) is 24.9 Å². The number of ether oxygens (including phenoxy) is 1. The van der Waals surface area contributed by atoms with Crippen molar-refractivity contribution in [2.75, 3.05) is 47.4 Å². The lowest BCUT2D eigenvalue weighted by Crippen LogP contribution is -2.49. The summed E-state index contributed by atoms with van der Waals surface area (Å²) in [5.41, 5.74) is 2.31. The number of hydrogen-bond donors (Lipinski definition) is 1. The lowest BCUT2D eigenvalue weighted by Gasteiger charge is -2.35. The van der Waals surface area contributed by atoms with Gasteiger partial charge >= 0.3 is 0 Å². The summed E-state index contributed by atoms with van der Waals surface area (Å²) in [6.07, 6.45) is 3.88. The number of rotatable bonds is 5. The first-order chi connectivity index (χ1) is 13.5. The molecule has 0 bridgehead atoms. The molecule has 1 aliphatic heterocycles. The van der Waals surface area contributed by atoms with Crippen molar-refractivity contribution in [3.8, 4) is 0 Å². The molecule has 7 nitrogen and oxygen atoms in total. The maximum absolute atomic E-state index is 6.04. The average molecular weight is 405 g/mol. The highest BCUT2D eigenvalue weighted by molar-refractivity contribution is 6.30. The zero-order valence-corrected chi connectivity index (χ0v) is 17.7. The van der Waals surface area contributed by atoms with Crippen LogP contribution < -0.4 is 5.32 Å². The van der Waals surface area contributed by atoms with Crippen LogP contribution in [0.25, 0.3) is 0 Å². The van der Waals surface area contributed by atoms with Crippen molar-refractivity contribution in [3.63, 3.8) is 0 Å². The van der Waals surface area contributed by atoms with Crippen molar-refractivity contribution in [1.29, 1.82) is 0 Å². The first-order valence-corrected chi connectivity index (χ1v) is 9.83. The minimum atomic E-state index is 0.00177. The Bertz CT molecular complexity index is 788. The molecule has 0 amide bonds. The van der Waals surface area contributed by atoms with Crippen molar-refractivity contribution < 1.29 is 4.74 Å². The van der Waals surface area contributed by atoms with E-state index in [0.717, 1.165) is 36.2 Å². The molecule has 2 heterocycles. The van der Waals surface area contributed by atoms with Crippen LogP contribution in [0.3, 0.4) is 0 Å². The third kappa shape index (κ3) is 5.04. The maximum atomic E-state index is 6.04. The third-order valence-corrected chi connectivity index (χ3v) is 5.26. The number of nitrogens with zero attached hydrogens (tertiary/aromatic N) is 5. The van der Waals surface area contributed by atoms with Crippen LogP contribution in [0, 0.1) is 0 Å². The van der Waals surface area contributed by atoms with Crippen molar-refractivity contribution in [3.05, 3.63) is 52.8 Å². The van der Waals surface area contributed by atoms with Crippen molar-refractivity contribution in [2.24, 2.45) is 12.0 Å². The zero-order valence-electron chi connectivity index (χ0n) is 17.0. The normalized spacial score (nSPS) is 19.1. The van der Waals surface area contributed by atoms with Gasteiger partial charge in [-0.05, 0) is 31.8 Å². The van der Waals surface area contributed by atoms with Gasteiger partial charge in [-0.25, -0.2) is 0 Å². The SMILES string of the molecule is CN=C(NCC(c1ccc(Cl)cc1)N(C)C)N1CCOC(c2cnn(C)c2)C1. The maximum Gasteiger partial charge on any atom is 0.193 e. The number of aromatic nitrogens is 2. The summed E-state index contributed by atoms with van der Waals surface area (Å²) in [4.78, 5) is 8.94. The molecule has 2 atom stereocenters. The highest BCUT2D eigenvalue weighted by Gasteiger charge is 2.25. The van der Waals surface area contributed by atoms with Crippen LogP contribution >= 0.6 is 11.6 Å². The molecule has 0 saturated carbocycles. The number of morpholine rings is 1. The Morgan fingerprint density at radius 1 is 1.39 bits per heavy atom. The number of benzene rings is 1. The van der Waals surface area contributed by atoms with E-state index >= 15 is 0 Å². The van der Waals surface area contributed by atoms with E-state index in [1.165, 1.54) is 5.56 Å². The molecule has 1 saturated heterocycles. The average Bonchev–Trinajstić information content (AvgIpc) is 3.13. The highest BCUT2D eigenvalue weighted by Crippen LogP contribution is 2.23. The van der Waals surface area contributed by atoms with Gasteiger partial charge in [0, 0.05) is 44.0 Å². The Morgan fingerprint density at radius 3 is 2.75 bits per heavy atom. The van der Waals surface area contributed by atoms with Gasteiger partial charge in [-0.1, -0.05) is 23.7 Å².